The molecule has 9 aromatic rings. The second kappa shape index (κ2) is 13.5. The van der Waals surface area contributed by atoms with Gasteiger partial charge in [0.1, 0.15) is 5.58 Å². The topological polar surface area (TPSA) is 16.4 Å². The van der Waals surface area contributed by atoms with Crippen molar-refractivity contribution < 1.29 is 4.42 Å². The molecule has 4 aliphatic carbocycles. The maximum Gasteiger partial charge on any atom is 0.159 e. The lowest BCUT2D eigenvalue weighted by molar-refractivity contribution is 0.669. The Balaban J connectivity index is 0.969. The minimum Gasteiger partial charge on any atom is -0.453 e. The first kappa shape index (κ1) is 35.3. The second-order valence-electron chi connectivity index (χ2n) is 17.5. The highest BCUT2D eigenvalue weighted by Crippen LogP contribution is 2.64. The van der Waals surface area contributed by atoms with Gasteiger partial charge in [-0.15, -0.1) is 0 Å². The van der Waals surface area contributed by atoms with E-state index in [-0.39, 0.29) is 5.41 Å². The molecule has 1 heterocycles. The molecule has 0 aliphatic heterocycles. The van der Waals surface area contributed by atoms with E-state index in [0.717, 1.165) is 63.7 Å². The van der Waals surface area contributed by atoms with Crippen molar-refractivity contribution >= 4 is 55.2 Å². The van der Waals surface area contributed by atoms with Crippen LogP contribution in [0.4, 0.5) is 11.4 Å². The van der Waals surface area contributed by atoms with E-state index in [9.17, 15) is 0 Å². The van der Waals surface area contributed by atoms with Crippen molar-refractivity contribution in [2.45, 2.75) is 31.6 Å². The Hall–Kier alpha value is -7.42. The van der Waals surface area contributed by atoms with Gasteiger partial charge < -0.3 is 9.32 Å². The van der Waals surface area contributed by atoms with E-state index in [4.69, 9.17) is 4.42 Å². The number of anilines is 2. The molecule has 0 saturated heterocycles. The van der Waals surface area contributed by atoms with Crippen LogP contribution in [0.2, 0.25) is 0 Å². The number of furan rings is 1. The molecule has 0 fully saturated rings. The summed E-state index contributed by atoms with van der Waals surface area (Å²) in [6, 6.07) is 64.9. The molecule has 0 N–H and O–H groups in total. The average Bonchev–Trinajstić information content (AvgIpc) is 3.97. The Labute approximate surface area is 362 Å². The Kier molecular flexibility index (Phi) is 7.72. The van der Waals surface area contributed by atoms with Gasteiger partial charge in [0.05, 0.1) is 11.1 Å². The lowest BCUT2D eigenvalue weighted by Crippen LogP contribution is -2.27. The van der Waals surface area contributed by atoms with Crippen molar-refractivity contribution in [2.24, 2.45) is 5.92 Å². The minimum atomic E-state index is -0.326. The summed E-state index contributed by atoms with van der Waals surface area (Å²) < 4.78 is 7.03. The fourth-order valence-corrected chi connectivity index (χ4v) is 11.5. The number of nitrogens with zero attached hydrogens (tertiary/aromatic N) is 1. The molecular formula is C60H43NO. The second-order valence-corrected chi connectivity index (χ2v) is 17.5. The van der Waals surface area contributed by atoms with Crippen molar-refractivity contribution in [1.82, 2.24) is 0 Å². The highest BCUT2D eigenvalue weighted by Gasteiger charge is 2.53. The Morgan fingerprint density at radius 1 is 0.532 bits per heavy atom. The number of hydrogen-bond donors (Lipinski definition) is 0. The first-order valence-corrected chi connectivity index (χ1v) is 22.1. The fraction of sp³-hybridized carbons (Fsp3) is 0.100. The summed E-state index contributed by atoms with van der Waals surface area (Å²) in [7, 11) is 0. The van der Waals surface area contributed by atoms with E-state index < -0.39 is 0 Å². The van der Waals surface area contributed by atoms with Crippen LogP contribution in [-0.2, 0) is 5.41 Å². The first-order chi connectivity index (χ1) is 30.7. The van der Waals surface area contributed by atoms with Crippen LogP contribution in [0, 0.1) is 5.92 Å². The van der Waals surface area contributed by atoms with Crippen molar-refractivity contribution in [2.75, 3.05) is 4.90 Å². The molecule has 0 amide bonds. The molecule has 0 saturated carbocycles. The standard InChI is InChI=1S/C60H43NO/c1-38-14-11-26-54-57(38)51-35-31-43(37-55(51)60(54)52-24-9-7-19-47(52)48-20-8-10-25-53(48)60)40-28-32-44(33-29-40)61(45-34-30-39-15-5-6-18-42(39)36-45)56-27-13-23-50-49-22-12-21-46(58(49)62-59(50)56)41-16-3-2-4-17-41/h2-13,15-28,30-32,34-38H,14,29,33H2,1H3/t38-/m1/s1. The van der Waals surface area contributed by atoms with Crippen molar-refractivity contribution in [3.05, 3.63) is 239 Å². The van der Waals surface area contributed by atoms with E-state index in [1.54, 1.807) is 0 Å². The number of hydrogen-bond acceptors (Lipinski definition) is 2. The summed E-state index contributed by atoms with van der Waals surface area (Å²) >= 11 is 0. The van der Waals surface area contributed by atoms with Gasteiger partial charge in [-0.1, -0.05) is 177 Å². The minimum absolute atomic E-state index is 0.326. The van der Waals surface area contributed by atoms with Gasteiger partial charge in [-0.3, -0.25) is 0 Å². The number of allylic oxidation sites excluding steroid dienone is 8. The van der Waals surface area contributed by atoms with Crippen LogP contribution in [0.15, 0.2) is 216 Å². The van der Waals surface area contributed by atoms with Gasteiger partial charge in [-0.25, -0.2) is 0 Å². The maximum absolute atomic E-state index is 7.03. The summed E-state index contributed by atoms with van der Waals surface area (Å²) in [6.07, 6.45) is 12.5. The van der Waals surface area contributed by atoms with Crippen LogP contribution in [0.1, 0.15) is 54.0 Å². The van der Waals surface area contributed by atoms with Crippen LogP contribution < -0.4 is 4.90 Å². The smallest absolute Gasteiger partial charge is 0.159 e. The third-order valence-corrected chi connectivity index (χ3v) is 14.2. The van der Waals surface area contributed by atoms with Crippen LogP contribution in [0.3, 0.4) is 0 Å². The average molecular weight is 794 g/mol. The quantitative estimate of drug-likeness (QED) is 0.173. The number of benzene rings is 8. The van der Waals surface area contributed by atoms with Crippen LogP contribution in [-0.4, -0.2) is 0 Å². The van der Waals surface area contributed by atoms with Crippen LogP contribution in [0.25, 0.3) is 66.1 Å². The SMILES string of the molecule is C[C@@H]1CC=CC2=C1c1ccc(C3=CC=C(N(c4ccc5ccccc5c4)c4cccc5c4oc4c(-c6ccccc6)cccc45)CC3)cc1C21c2ccccc2-c2ccccc21. The Morgan fingerprint density at radius 3 is 2.03 bits per heavy atom. The van der Waals surface area contributed by atoms with Gasteiger partial charge in [0.15, 0.2) is 5.58 Å². The zero-order chi connectivity index (χ0) is 40.9. The van der Waals surface area contributed by atoms with Gasteiger partial charge in [0.25, 0.3) is 0 Å². The molecule has 1 spiro atoms. The van der Waals surface area contributed by atoms with Crippen molar-refractivity contribution in [3.63, 3.8) is 0 Å². The van der Waals surface area contributed by atoms with Gasteiger partial charge >= 0.3 is 0 Å². The van der Waals surface area contributed by atoms with Crippen molar-refractivity contribution in [3.8, 4) is 22.3 Å². The molecule has 4 aliphatic rings. The maximum atomic E-state index is 7.03. The predicted octanol–water partition coefficient (Wildman–Crippen LogP) is 16.0. The van der Waals surface area contributed by atoms with Crippen LogP contribution >= 0.6 is 0 Å². The lowest BCUT2D eigenvalue weighted by atomic mass is 9.68. The van der Waals surface area contributed by atoms with Gasteiger partial charge in [0.2, 0.25) is 0 Å². The molecule has 294 valence electrons. The summed E-state index contributed by atoms with van der Waals surface area (Å²) in [5.74, 6) is 0.459. The van der Waals surface area contributed by atoms with E-state index in [0.29, 0.717) is 5.92 Å². The van der Waals surface area contributed by atoms with Crippen molar-refractivity contribution in [1.29, 1.82) is 0 Å². The molecule has 62 heavy (non-hydrogen) atoms. The molecule has 1 aromatic heterocycles. The Morgan fingerprint density at radius 2 is 1.24 bits per heavy atom. The fourth-order valence-electron chi connectivity index (χ4n) is 11.5. The van der Waals surface area contributed by atoms with Gasteiger partial charge in [0, 0.05) is 27.7 Å². The molecule has 1 atom stereocenters. The molecular weight excluding hydrogens is 751 g/mol. The third kappa shape index (κ3) is 4.98. The summed E-state index contributed by atoms with van der Waals surface area (Å²) in [5, 5.41) is 4.70. The molecule has 0 radical (unpaired) electrons. The number of fused-ring (bicyclic) bond motifs is 13. The van der Waals surface area contributed by atoms with Gasteiger partial charge in [-0.2, -0.15) is 0 Å². The van der Waals surface area contributed by atoms with E-state index in [1.807, 2.05) is 0 Å². The normalized spacial score (nSPS) is 17.0. The highest BCUT2D eigenvalue weighted by atomic mass is 16.3. The molecule has 0 unspecified atom stereocenters. The highest BCUT2D eigenvalue weighted by molar-refractivity contribution is 6.13. The van der Waals surface area contributed by atoms with E-state index in [1.165, 1.54) is 72.1 Å². The van der Waals surface area contributed by atoms with E-state index in [2.05, 4.69) is 212 Å². The number of para-hydroxylation sites is 2. The molecule has 8 aromatic carbocycles. The monoisotopic (exact) mass is 793 g/mol. The van der Waals surface area contributed by atoms with Gasteiger partial charge in [-0.05, 0) is 128 Å². The summed E-state index contributed by atoms with van der Waals surface area (Å²) in [6.45, 7) is 2.41. The summed E-state index contributed by atoms with van der Waals surface area (Å²) in [4.78, 5) is 2.45. The first-order valence-electron chi connectivity index (χ1n) is 22.1. The predicted molar refractivity (Wildman–Crippen MR) is 259 cm³/mol. The molecule has 2 heteroatoms. The Bertz CT molecular complexity index is 3420. The molecule has 13 rings (SSSR count). The van der Waals surface area contributed by atoms with E-state index >= 15 is 0 Å². The third-order valence-electron chi connectivity index (χ3n) is 14.2. The molecule has 0 bridgehead atoms. The largest absolute Gasteiger partial charge is 0.453 e. The number of rotatable bonds is 5. The zero-order valence-corrected chi connectivity index (χ0v) is 34.6. The molecule has 2 nitrogen and oxygen atoms in total. The summed E-state index contributed by atoms with van der Waals surface area (Å²) in [5.41, 5.74) is 21.2. The lowest BCUT2D eigenvalue weighted by Gasteiger charge is -2.33. The van der Waals surface area contributed by atoms with Crippen LogP contribution in [0.5, 0.6) is 0 Å². The zero-order valence-electron chi connectivity index (χ0n) is 34.6.